The van der Waals surface area contributed by atoms with Gasteiger partial charge in [0.05, 0.1) is 18.6 Å². The zero-order valence-electron chi connectivity index (χ0n) is 21.4. The lowest BCUT2D eigenvalue weighted by Crippen LogP contribution is -2.44. The number of hydrogen-bond donors (Lipinski definition) is 1. The first-order valence-electron chi connectivity index (χ1n) is 12.0. The van der Waals surface area contributed by atoms with Gasteiger partial charge in [-0.3, -0.25) is 4.79 Å². The fourth-order valence-corrected chi connectivity index (χ4v) is 5.09. The highest BCUT2D eigenvalue weighted by molar-refractivity contribution is 7.51. The van der Waals surface area contributed by atoms with E-state index in [0.29, 0.717) is 8.58 Å². The summed E-state index contributed by atoms with van der Waals surface area (Å²) in [5.41, 5.74) is 4.67. The number of amides is 1. The predicted molar refractivity (Wildman–Crippen MR) is 143 cm³/mol. The molecule has 2 aliphatic heterocycles. The Morgan fingerprint density at radius 2 is 1.94 bits per heavy atom. The van der Waals surface area contributed by atoms with Gasteiger partial charge in [-0.2, -0.15) is 0 Å². The lowest BCUT2D eigenvalue weighted by atomic mass is 10.1. The lowest BCUT2D eigenvalue weighted by Gasteiger charge is -2.37. The van der Waals surface area contributed by atoms with Crippen LogP contribution in [0, 0.1) is 12.8 Å². The van der Waals surface area contributed by atoms with Crippen molar-refractivity contribution in [3.8, 4) is 5.75 Å². The molecule has 1 saturated heterocycles. The van der Waals surface area contributed by atoms with Crippen molar-refractivity contribution in [1.82, 2.24) is 15.1 Å². The zero-order valence-corrected chi connectivity index (χ0v) is 22.4. The van der Waals surface area contributed by atoms with Gasteiger partial charge in [0.25, 0.3) is 0 Å². The van der Waals surface area contributed by atoms with Crippen LogP contribution < -0.4 is 10.1 Å². The summed E-state index contributed by atoms with van der Waals surface area (Å²) in [7, 11) is 2.18. The summed E-state index contributed by atoms with van der Waals surface area (Å²) in [5.74, 6) is 1.85. The summed E-state index contributed by atoms with van der Waals surface area (Å²) in [6.07, 6.45) is 8.68. The van der Waals surface area contributed by atoms with E-state index in [9.17, 15) is 4.79 Å². The molecule has 0 aromatic heterocycles. The number of benzene rings is 1. The Bertz CT molecular complexity index is 870. The highest BCUT2D eigenvalue weighted by Crippen LogP contribution is 2.44. The van der Waals surface area contributed by atoms with Crippen molar-refractivity contribution in [2.75, 3.05) is 33.3 Å². The molecule has 2 atom stereocenters. The number of allylic oxidation sites excluding steroid dienone is 2. The van der Waals surface area contributed by atoms with Gasteiger partial charge in [-0.25, -0.2) is 0 Å². The molecule has 1 aromatic rings. The van der Waals surface area contributed by atoms with Gasteiger partial charge >= 0.3 is 0 Å². The first-order valence-corrected chi connectivity index (χ1v) is 13.1. The number of nitrogens with one attached hydrogen (secondary N) is 1. The Labute approximate surface area is 202 Å². The average Bonchev–Trinajstić information content (AvgIpc) is 2.83. The highest BCUT2D eigenvalue weighted by atomic mass is 31.1. The van der Waals surface area contributed by atoms with Gasteiger partial charge in [0.2, 0.25) is 6.41 Å². The van der Waals surface area contributed by atoms with Crippen LogP contribution in [0.25, 0.3) is 5.31 Å². The van der Waals surface area contributed by atoms with E-state index in [1.807, 2.05) is 17.2 Å². The largest absolute Gasteiger partial charge is 0.496 e. The molecule has 1 aromatic carbocycles. The third-order valence-corrected chi connectivity index (χ3v) is 8.01. The van der Waals surface area contributed by atoms with Crippen LogP contribution in [-0.2, 0) is 4.79 Å². The van der Waals surface area contributed by atoms with Crippen molar-refractivity contribution in [1.29, 1.82) is 0 Å². The Kier molecular flexibility index (Phi) is 11.2. The van der Waals surface area contributed by atoms with E-state index in [4.69, 9.17) is 4.74 Å². The molecule has 1 N–H and O–H groups in total. The van der Waals surface area contributed by atoms with Crippen LogP contribution in [-0.4, -0.2) is 55.3 Å². The Hall–Kier alpha value is -2.10. The summed E-state index contributed by atoms with van der Waals surface area (Å²) in [6, 6.07) is 6.28. The van der Waals surface area contributed by atoms with Crippen molar-refractivity contribution in [3.63, 3.8) is 0 Å². The van der Waals surface area contributed by atoms with Gasteiger partial charge in [-0.15, -0.1) is 0 Å². The van der Waals surface area contributed by atoms with Gasteiger partial charge in [-0.1, -0.05) is 47.9 Å². The van der Waals surface area contributed by atoms with Gasteiger partial charge in [0, 0.05) is 32.4 Å². The number of rotatable bonds is 7. The number of hydrogen-bond acceptors (Lipinski definition) is 4. The molecule has 2 unspecified atom stereocenters. The molecule has 1 amide bonds. The first-order chi connectivity index (χ1) is 15.8. The van der Waals surface area contributed by atoms with Crippen LogP contribution in [0.4, 0.5) is 0 Å². The number of carbonyl (C=O) groups excluding carboxylic acids is 1. The summed E-state index contributed by atoms with van der Waals surface area (Å²) in [4.78, 5) is 16.1. The van der Waals surface area contributed by atoms with Crippen molar-refractivity contribution < 1.29 is 9.53 Å². The zero-order chi connectivity index (χ0) is 24.4. The molecule has 33 heavy (non-hydrogen) atoms. The van der Waals surface area contributed by atoms with E-state index in [1.165, 1.54) is 22.9 Å². The fraction of sp³-hybridized carbons (Fsp3) is 0.519. The molecular weight excluding hydrogens is 429 g/mol. The number of nitrogens with zero attached hydrogens (tertiary/aromatic N) is 2. The third-order valence-electron chi connectivity index (χ3n) is 6.09. The number of aryl methyl sites for hydroxylation is 1. The van der Waals surface area contributed by atoms with Crippen molar-refractivity contribution >= 4 is 20.3 Å². The average molecular weight is 472 g/mol. The van der Waals surface area contributed by atoms with E-state index < -0.39 is 0 Å². The number of methoxy groups -OCH3 is 1. The molecule has 0 saturated carbocycles. The summed E-state index contributed by atoms with van der Waals surface area (Å²) < 4.78 is 5.39. The van der Waals surface area contributed by atoms with E-state index in [0.717, 1.165) is 55.5 Å². The van der Waals surface area contributed by atoms with E-state index >= 15 is 0 Å². The van der Waals surface area contributed by atoms with Crippen molar-refractivity contribution in [2.45, 2.75) is 53.7 Å². The van der Waals surface area contributed by atoms with Gasteiger partial charge in [0.1, 0.15) is 5.75 Å². The smallest absolute Gasteiger partial charge is 0.214 e. The van der Waals surface area contributed by atoms with Gasteiger partial charge in [0.15, 0.2) is 0 Å². The van der Waals surface area contributed by atoms with Crippen LogP contribution in [0.5, 0.6) is 5.75 Å². The topological polar surface area (TPSA) is 44.8 Å². The Morgan fingerprint density at radius 1 is 1.27 bits per heavy atom. The van der Waals surface area contributed by atoms with Crippen LogP contribution in [0.15, 0.2) is 47.8 Å². The molecular formula is C27H42N3O2P. The third kappa shape index (κ3) is 7.72. The minimum absolute atomic E-state index is 0.0674. The molecule has 3 rings (SSSR count). The number of carbonyl (C=O) groups is 1. The minimum Gasteiger partial charge on any atom is -0.496 e. The predicted octanol–water partition coefficient (Wildman–Crippen LogP) is 5.59. The highest BCUT2D eigenvalue weighted by Gasteiger charge is 2.26. The second-order valence-electron chi connectivity index (χ2n) is 8.97. The molecule has 0 radical (unpaired) electrons. The quantitative estimate of drug-likeness (QED) is 0.416. The second kappa shape index (κ2) is 13.6. The normalized spacial score (nSPS) is 19.3. The summed E-state index contributed by atoms with van der Waals surface area (Å²) >= 11 is 0. The molecule has 0 bridgehead atoms. The standard InChI is InChI=1S/C22H30N3O2P.C5H12/c1-5-21(18-6-7-20(27-4)16(2)12-18)28-22-17(3)13-19(14-25(22)15-26)24-10-8-23-9-11-24;1-4-5(2)3/h5-7,12-15,22-23,28H,8-11H2,1-4H3;5H,4H2,1-3H3/b21-5-;. The van der Waals surface area contributed by atoms with Crippen LogP contribution in [0.1, 0.15) is 52.2 Å². The van der Waals surface area contributed by atoms with E-state index in [-0.39, 0.29) is 5.78 Å². The number of piperazine rings is 1. The number of ether oxygens (including phenoxy) is 1. The fourth-order valence-electron chi connectivity index (χ4n) is 3.71. The van der Waals surface area contributed by atoms with Gasteiger partial charge in [-0.05, 0) is 66.9 Å². The summed E-state index contributed by atoms with van der Waals surface area (Å²) in [6.45, 7) is 16.8. The molecule has 5 nitrogen and oxygen atoms in total. The molecule has 2 heterocycles. The maximum atomic E-state index is 11.9. The molecule has 2 aliphatic rings. The molecule has 0 aliphatic carbocycles. The lowest BCUT2D eigenvalue weighted by molar-refractivity contribution is -0.116. The molecule has 0 spiro atoms. The summed E-state index contributed by atoms with van der Waals surface area (Å²) in [5, 5.41) is 4.63. The van der Waals surface area contributed by atoms with E-state index in [2.05, 4.69) is 76.0 Å². The Morgan fingerprint density at radius 3 is 2.45 bits per heavy atom. The maximum Gasteiger partial charge on any atom is 0.214 e. The minimum atomic E-state index is 0.0674. The molecule has 182 valence electrons. The van der Waals surface area contributed by atoms with Gasteiger partial charge < -0.3 is 19.9 Å². The van der Waals surface area contributed by atoms with Crippen molar-refractivity contribution in [2.24, 2.45) is 5.92 Å². The molecule has 6 heteroatoms. The van der Waals surface area contributed by atoms with Crippen LogP contribution in [0.3, 0.4) is 0 Å². The van der Waals surface area contributed by atoms with E-state index in [1.54, 1.807) is 7.11 Å². The second-order valence-corrected chi connectivity index (χ2v) is 10.3. The van der Waals surface area contributed by atoms with Crippen molar-refractivity contribution in [3.05, 3.63) is 58.9 Å². The SMILES string of the molecule is C/C=C(\PC1C(C)=CC(N2CCNCC2)=CN1C=O)c1ccc(OC)c(C)c1.CCC(C)C. The monoisotopic (exact) mass is 471 g/mol. The molecule has 1 fully saturated rings. The van der Waals surface area contributed by atoms with Crippen LogP contribution >= 0.6 is 8.58 Å². The first kappa shape index (κ1) is 27.1. The maximum absolute atomic E-state index is 11.9. The Balaban J connectivity index is 0.000000696. The van der Waals surface area contributed by atoms with Crippen LogP contribution in [0.2, 0.25) is 0 Å².